The Hall–Kier alpha value is -2.07. The van der Waals surface area contributed by atoms with Crippen LogP contribution >= 0.6 is 0 Å². The van der Waals surface area contributed by atoms with Crippen LogP contribution in [0.4, 0.5) is 0 Å². The second kappa shape index (κ2) is 6.20. The third-order valence-electron chi connectivity index (χ3n) is 2.64. The molecule has 1 heterocycles. The number of pyridine rings is 1. The summed E-state index contributed by atoms with van der Waals surface area (Å²) in [5.74, 6) is 2.10. The highest BCUT2D eigenvalue weighted by molar-refractivity contribution is 5.34. The monoisotopic (exact) mass is 258 g/mol. The summed E-state index contributed by atoms with van der Waals surface area (Å²) < 4.78 is 11.0. The van der Waals surface area contributed by atoms with Crippen LogP contribution in [0.2, 0.25) is 0 Å². The van der Waals surface area contributed by atoms with E-state index in [0.717, 1.165) is 17.1 Å². The summed E-state index contributed by atoms with van der Waals surface area (Å²) in [6.45, 7) is 4.53. The quantitative estimate of drug-likeness (QED) is 0.894. The van der Waals surface area contributed by atoms with E-state index < -0.39 is 0 Å². The van der Waals surface area contributed by atoms with E-state index in [1.807, 2.05) is 50.2 Å². The Morgan fingerprint density at radius 1 is 1.11 bits per heavy atom. The Bertz CT molecular complexity index is 507. The fourth-order valence-corrected chi connectivity index (χ4v) is 1.61. The molecule has 0 amide bonds. The Kier molecular flexibility index (Phi) is 4.36. The average molecular weight is 258 g/mol. The average Bonchev–Trinajstić information content (AvgIpc) is 2.42. The number of ether oxygens (including phenoxy) is 2. The predicted molar refractivity (Wildman–Crippen MR) is 74.5 cm³/mol. The van der Waals surface area contributed by atoms with Crippen molar-refractivity contribution in [1.29, 1.82) is 0 Å². The van der Waals surface area contributed by atoms with Crippen LogP contribution in [0.5, 0.6) is 17.4 Å². The van der Waals surface area contributed by atoms with Gasteiger partial charge in [0.05, 0.1) is 6.61 Å². The smallest absolute Gasteiger partial charge is 0.219 e. The third kappa shape index (κ3) is 3.69. The molecule has 0 radical (unpaired) electrons. The molecule has 0 spiro atoms. The maximum absolute atomic E-state index is 5.77. The first-order valence-electron chi connectivity index (χ1n) is 6.31. The molecule has 1 aromatic carbocycles. The van der Waals surface area contributed by atoms with Gasteiger partial charge in [-0.25, -0.2) is 4.98 Å². The van der Waals surface area contributed by atoms with Crippen LogP contribution in [0, 0.1) is 0 Å². The fourth-order valence-electron chi connectivity index (χ4n) is 1.61. The van der Waals surface area contributed by atoms with E-state index in [1.54, 1.807) is 6.20 Å². The Morgan fingerprint density at radius 3 is 2.32 bits per heavy atom. The lowest BCUT2D eigenvalue weighted by atomic mass is 10.2. The van der Waals surface area contributed by atoms with Crippen LogP contribution < -0.4 is 15.2 Å². The molecule has 0 aliphatic rings. The van der Waals surface area contributed by atoms with Crippen molar-refractivity contribution in [2.24, 2.45) is 5.73 Å². The Labute approximate surface area is 113 Å². The standard InChI is InChI=1S/C15H18N2O2/c1-3-18-13-5-7-14(8-6-13)19-15-9-4-12(10-17-15)11(2)16/h4-11H,3,16H2,1-2H3. The van der Waals surface area contributed by atoms with Gasteiger partial charge in [0.1, 0.15) is 11.5 Å². The van der Waals surface area contributed by atoms with Crippen molar-refractivity contribution < 1.29 is 9.47 Å². The number of rotatable bonds is 5. The second-order valence-corrected chi connectivity index (χ2v) is 4.22. The van der Waals surface area contributed by atoms with Crippen LogP contribution in [0.3, 0.4) is 0 Å². The van der Waals surface area contributed by atoms with Crippen molar-refractivity contribution in [2.75, 3.05) is 6.61 Å². The molecule has 1 atom stereocenters. The number of hydrogen-bond acceptors (Lipinski definition) is 4. The summed E-state index contributed by atoms with van der Waals surface area (Å²) >= 11 is 0. The van der Waals surface area contributed by atoms with Crippen molar-refractivity contribution in [3.63, 3.8) is 0 Å². The molecule has 100 valence electrons. The van der Waals surface area contributed by atoms with Gasteiger partial charge in [0.15, 0.2) is 0 Å². The summed E-state index contributed by atoms with van der Waals surface area (Å²) in [6.07, 6.45) is 1.73. The molecule has 2 rings (SSSR count). The topological polar surface area (TPSA) is 57.4 Å². The highest BCUT2D eigenvalue weighted by Gasteiger charge is 2.02. The van der Waals surface area contributed by atoms with Crippen LogP contribution in [-0.4, -0.2) is 11.6 Å². The molecule has 0 aliphatic heterocycles. The van der Waals surface area contributed by atoms with Crippen molar-refractivity contribution in [3.05, 3.63) is 48.2 Å². The predicted octanol–water partition coefficient (Wildman–Crippen LogP) is 3.29. The molecule has 1 unspecified atom stereocenters. The molecular weight excluding hydrogens is 240 g/mol. The summed E-state index contributed by atoms with van der Waals surface area (Å²) in [4.78, 5) is 4.22. The van der Waals surface area contributed by atoms with E-state index in [-0.39, 0.29) is 6.04 Å². The zero-order chi connectivity index (χ0) is 13.7. The van der Waals surface area contributed by atoms with Gasteiger partial charge in [-0.05, 0) is 43.7 Å². The summed E-state index contributed by atoms with van der Waals surface area (Å²) in [5.41, 5.74) is 6.75. The van der Waals surface area contributed by atoms with Gasteiger partial charge in [-0.2, -0.15) is 0 Å². The zero-order valence-electron chi connectivity index (χ0n) is 11.2. The normalized spacial score (nSPS) is 11.9. The van der Waals surface area contributed by atoms with Gasteiger partial charge in [-0.1, -0.05) is 6.07 Å². The first kappa shape index (κ1) is 13.4. The van der Waals surface area contributed by atoms with Gasteiger partial charge in [-0.3, -0.25) is 0 Å². The van der Waals surface area contributed by atoms with Gasteiger partial charge in [0, 0.05) is 18.3 Å². The lowest BCUT2D eigenvalue weighted by Gasteiger charge is -2.08. The summed E-state index contributed by atoms with van der Waals surface area (Å²) in [5, 5.41) is 0. The molecule has 4 heteroatoms. The van der Waals surface area contributed by atoms with Crippen LogP contribution in [0.1, 0.15) is 25.5 Å². The highest BCUT2D eigenvalue weighted by Crippen LogP contribution is 2.23. The number of aromatic nitrogens is 1. The Balaban J connectivity index is 2.04. The fraction of sp³-hybridized carbons (Fsp3) is 0.267. The molecule has 0 fully saturated rings. The minimum Gasteiger partial charge on any atom is -0.494 e. The number of nitrogens with two attached hydrogens (primary N) is 1. The molecule has 2 aromatic rings. The van der Waals surface area contributed by atoms with Crippen LogP contribution in [0.25, 0.3) is 0 Å². The van der Waals surface area contributed by atoms with Crippen LogP contribution in [-0.2, 0) is 0 Å². The largest absolute Gasteiger partial charge is 0.494 e. The minimum atomic E-state index is -0.0213. The molecule has 0 saturated carbocycles. The van der Waals surface area contributed by atoms with Crippen molar-refractivity contribution in [1.82, 2.24) is 4.98 Å². The molecule has 1 aromatic heterocycles. The first-order chi connectivity index (χ1) is 9.19. The lowest BCUT2D eigenvalue weighted by molar-refractivity contribution is 0.339. The summed E-state index contributed by atoms with van der Waals surface area (Å²) in [6, 6.07) is 11.2. The highest BCUT2D eigenvalue weighted by atomic mass is 16.5. The first-order valence-corrected chi connectivity index (χ1v) is 6.31. The number of benzene rings is 1. The molecule has 0 aliphatic carbocycles. The van der Waals surface area contributed by atoms with Gasteiger partial charge in [-0.15, -0.1) is 0 Å². The van der Waals surface area contributed by atoms with E-state index in [1.165, 1.54) is 0 Å². The van der Waals surface area contributed by atoms with Crippen LogP contribution in [0.15, 0.2) is 42.6 Å². The number of hydrogen-bond donors (Lipinski definition) is 1. The van der Waals surface area contributed by atoms with E-state index in [0.29, 0.717) is 12.5 Å². The van der Waals surface area contributed by atoms with E-state index in [9.17, 15) is 0 Å². The second-order valence-electron chi connectivity index (χ2n) is 4.22. The van der Waals surface area contributed by atoms with E-state index in [2.05, 4.69) is 4.98 Å². The Morgan fingerprint density at radius 2 is 1.79 bits per heavy atom. The van der Waals surface area contributed by atoms with Crippen molar-refractivity contribution in [2.45, 2.75) is 19.9 Å². The van der Waals surface area contributed by atoms with Gasteiger partial charge in [0.25, 0.3) is 0 Å². The molecule has 0 saturated heterocycles. The van der Waals surface area contributed by atoms with E-state index >= 15 is 0 Å². The van der Waals surface area contributed by atoms with Gasteiger partial charge < -0.3 is 15.2 Å². The van der Waals surface area contributed by atoms with Crippen molar-refractivity contribution in [3.8, 4) is 17.4 Å². The molecule has 19 heavy (non-hydrogen) atoms. The summed E-state index contributed by atoms with van der Waals surface area (Å²) in [7, 11) is 0. The maximum atomic E-state index is 5.77. The third-order valence-corrected chi connectivity index (χ3v) is 2.64. The molecule has 2 N–H and O–H groups in total. The lowest BCUT2D eigenvalue weighted by Crippen LogP contribution is -2.05. The minimum absolute atomic E-state index is 0.0213. The maximum Gasteiger partial charge on any atom is 0.219 e. The molecule has 0 bridgehead atoms. The molecule has 4 nitrogen and oxygen atoms in total. The van der Waals surface area contributed by atoms with E-state index in [4.69, 9.17) is 15.2 Å². The van der Waals surface area contributed by atoms with Gasteiger partial charge in [0.2, 0.25) is 5.88 Å². The van der Waals surface area contributed by atoms with Crippen molar-refractivity contribution >= 4 is 0 Å². The molecular formula is C15H18N2O2. The number of nitrogens with zero attached hydrogens (tertiary/aromatic N) is 1. The SMILES string of the molecule is CCOc1ccc(Oc2ccc(C(C)N)cn2)cc1. The zero-order valence-corrected chi connectivity index (χ0v) is 11.2. The van der Waals surface area contributed by atoms with Gasteiger partial charge >= 0.3 is 0 Å².